The van der Waals surface area contributed by atoms with Gasteiger partial charge in [0.1, 0.15) is 6.04 Å². The molecule has 1 rings (SSSR count). The molecule has 0 aromatic heterocycles. The molecule has 1 heterocycles. The smallest absolute Gasteiger partial charge is 0.328 e. The molecule has 2 atom stereocenters. The largest absolute Gasteiger partial charge is 0.464 e. The first-order valence-electron chi connectivity index (χ1n) is 7.60. The molecular formula is C15H27NO3. The number of unbranched alkanes of at least 4 members (excludes halogenated alkanes) is 1. The Morgan fingerprint density at radius 3 is 2.68 bits per heavy atom. The highest BCUT2D eigenvalue weighted by atomic mass is 16.5. The van der Waals surface area contributed by atoms with Crippen molar-refractivity contribution in [3.05, 3.63) is 0 Å². The van der Waals surface area contributed by atoms with E-state index in [1.165, 1.54) is 0 Å². The summed E-state index contributed by atoms with van der Waals surface area (Å²) >= 11 is 0. The van der Waals surface area contributed by atoms with Gasteiger partial charge in [-0.25, -0.2) is 4.79 Å². The molecule has 1 aliphatic heterocycles. The van der Waals surface area contributed by atoms with Gasteiger partial charge in [-0.2, -0.15) is 0 Å². The van der Waals surface area contributed by atoms with Crippen molar-refractivity contribution in [1.29, 1.82) is 0 Å². The summed E-state index contributed by atoms with van der Waals surface area (Å²) in [7, 11) is 0. The molecular weight excluding hydrogens is 242 g/mol. The van der Waals surface area contributed by atoms with E-state index >= 15 is 0 Å². The lowest BCUT2D eigenvalue weighted by atomic mass is 10.0. The van der Waals surface area contributed by atoms with E-state index in [1.54, 1.807) is 4.90 Å². The summed E-state index contributed by atoms with van der Waals surface area (Å²) in [4.78, 5) is 25.8. The first-order valence-corrected chi connectivity index (χ1v) is 7.60. The van der Waals surface area contributed by atoms with Gasteiger partial charge in [-0.1, -0.05) is 33.6 Å². The molecule has 0 radical (unpaired) electrons. The Morgan fingerprint density at radius 1 is 1.37 bits per heavy atom. The van der Waals surface area contributed by atoms with Gasteiger partial charge in [-0.3, -0.25) is 4.79 Å². The SMILES string of the molecule is CCCCOC(=O)[C@H](CC)N1C[C@H](CCC)CC1=O. The predicted molar refractivity (Wildman–Crippen MR) is 74.7 cm³/mol. The number of likely N-dealkylation sites (tertiary alicyclic amines) is 1. The van der Waals surface area contributed by atoms with Crippen LogP contribution in [0.2, 0.25) is 0 Å². The van der Waals surface area contributed by atoms with Crippen LogP contribution >= 0.6 is 0 Å². The number of esters is 1. The van der Waals surface area contributed by atoms with E-state index < -0.39 is 0 Å². The number of hydrogen-bond acceptors (Lipinski definition) is 3. The Kier molecular flexibility index (Phi) is 6.89. The molecule has 0 bridgehead atoms. The van der Waals surface area contributed by atoms with Crippen LogP contribution in [0.1, 0.15) is 59.3 Å². The summed E-state index contributed by atoms with van der Waals surface area (Å²) in [5.74, 6) is 0.286. The molecule has 19 heavy (non-hydrogen) atoms. The van der Waals surface area contributed by atoms with E-state index in [1.807, 2.05) is 6.92 Å². The molecule has 0 aromatic carbocycles. The van der Waals surface area contributed by atoms with Crippen LogP contribution in [-0.4, -0.2) is 36.0 Å². The molecule has 4 nitrogen and oxygen atoms in total. The van der Waals surface area contributed by atoms with E-state index in [4.69, 9.17) is 4.74 Å². The highest BCUT2D eigenvalue weighted by molar-refractivity contribution is 5.86. The summed E-state index contributed by atoms with van der Waals surface area (Å²) < 4.78 is 5.26. The highest BCUT2D eigenvalue weighted by Crippen LogP contribution is 2.25. The summed E-state index contributed by atoms with van der Waals surface area (Å²) in [6.45, 7) is 7.31. The number of carbonyl (C=O) groups is 2. The third-order valence-electron chi connectivity index (χ3n) is 3.71. The maximum atomic E-state index is 12.0. The fourth-order valence-electron chi connectivity index (χ4n) is 2.64. The van der Waals surface area contributed by atoms with E-state index in [9.17, 15) is 9.59 Å². The van der Waals surface area contributed by atoms with Gasteiger partial charge in [0.2, 0.25) is 5.91 Å². The van der Waals surface area contributed by atoms with Crippen LogP contribution in [0.25, 0.3) is 0 Å². The Hall–Kier alpha value is -1.06. The van der Waals surface area contributed by atoms with E-state index in [2.05, 4.69) is 13.8 Å². The summed E-state index contributed by atoms with van der Waals surface area (Å²) in [6, 6.07) is -0.383. The molecule has 0 aromatic rings. The van der Waals surface area contributed by atoms with Crippen LogP contribution in [0.5, 0.6) is 0 Å². The third kappa shape index (κ3) is 4.51. The second-order valence-corrected chi connectivity index (χ2v) is 5.35. The zero-order valence-corrected chi connectivity index (χ0v) is 12.5. The fraction of sp³-hybridized carbons (Fsp3) is 0.867. The van der Waals surface area contributed by atoms with Crippen molar-refractivity contribution in [2.24, 2.45) is 5.92 Å². The Bertz CT molecular complexity index is 304. The van der Waals surface area contributed by atoms with E-state index in [0.717, 1.165) is 25.7 Å². The van der Waals surface area contributed by atoms with Gasteiger partial charge in [-0.05, 0) is 25.2 Å². The second-order valence-electron chi connectivity index (χ2n) is 5.35. The van der Waals surface area contributed by atoms with E-state index in [-0.39, 0.29) is 17.9 Å². The number of hydrogen-bond donors (Lipinski definition) is 0. The number of rotatable bonds is 8. The van der Waals surface area contributed by atoms with Crippen LogP contribution in [0.15, 0.2) is 0 Å². The molecule has 1 amide bonds. The first kappa shape index (κ1) is 16.0. The van der Waals surface area contributed by atoms with Gasteiger partial charge in [0.15, 0.2) is 0 Å². The van der Waals surface area contributed by atoms with Gasteiger partial charge in [0.25, 0.3) is 0 Å². The minimum atomic E-state index is -0.383. The standard InChI is InChI=1S/C15H27NO3/c1-4-7-9-19-15(18)13(6-3)16-11-12(8-5-2)10-14(16)17/h12-13H,4-11H2,1-3H3/t12-,13+/m1/s1. The fourth-order valence-corrected chi connectivity index (χ4v) is 2.64. The molecule has 0 N–H and O–H groups in total. The highest BCUT2D eigenvalue weighted by Gasteiger charge is 2.36. The van der Waals surface area contributed by atoms with Crippen LogP contribution in [-0.2, 0) is 14.3 Å². The molecule has 4 heteroatoms. The zero-order valence-electron chi connectivity index (χ0n) is 12.5. The van der Waals surface area contributed by atoms with E-state index in [0.29, 0.717) is 31.9 Å². The number of amides is 1. The average molecular weight is 269 g/mol. The molecule has 0 aliphatic carbocycles. The van der Waals surface area contributed by atoms with Crippen LogP contribution < -0.4 is 0 Å². The summed E-state index contributed by atoms with van der Waals surface area (Å²) in [5.41, 5.74) is 0. The topological polar surface area (TPSA) is 46.6 Å². The normalized spacial score (nSPS) is 20.7. The lowest BCUT2D eigenvalue weighted by Gasteiger charge is -2.25. The predicted octanol–water partition coefficient (Wildman–Crippen LogP) is 2.76. The molecule has 1 aliphatic rings. The zero-order chi connectivity index (χ0) is 14.3. The first-order chi connectivity index (χ1) is 9.13. The number of nitrogens with zero attached hydrogens (tertiary/aromatic N) is 1. The second kappa shape index (κ2) is 8.18. The van der Waals surface area contributed by atoms with Crippen molar-refractivity contribution in [3.63, 3.8) is 0 Å². The van der Waals surface area contributed by atoms with Gasteiger partial charge >= 0.3 is 5.97 Å². The van der Waals surface area contributed by atoms with Crippen LogP contribution in [0.3, 0.4) is 0 Å². The third-order valence-corrected chi connectivity index (χ3v) is 3.71. The molecule has 0 spiro atoms. The number of ether oxygens (including phenoxy) is 1. The Balaban J connectivity index is 2.54. The van der Waals surface area contributed by atoms with Crippen molar-refractivity contribution in [2.75, 3.05) is 13.2 Å². The van der Waals surface area contributed by atoms with Crippen LogP contribution in [0, 0.1) is 5.92 Å². The lowest BCUT2D eigenvalue weighted by Crippen LogP contribution is -2.42. The minimum absolute atomic E-state index is 0.109. The van der Waals surface area contributed by atoms with Crippen molar-refractivity contribution in [1.82, 2.24) is 4.90 Å². The molecule has 1 fully saturated rings. The molecule has 110 valence electrons. The minimum Gasteiger partial charge on any atom is -0.464 e. The monoisotopic (exact) mass is 269 g/mol. The maximum Gasteiger partial charge on any atom is 0.328 e. The van der Waals surface area contributed by atoms with Gasteiger partial charge in [0.05, 0.1) is 6.61 Å². The Morgan fingerprint density at radius 2 is 2.11 bits per heavy atom. The van der Waals surface area contributed by atoms with Crippen LogP contribution in [0.4, 0.5) is 0 Å². The average Bonchev–Trinajstić information content (AvgIpc) is 2.72. The van der Waals surface area contributed by atoms with Crippen molar-refractivity contribution in [2.45, 2.75) is 65.3 Å². The van der Waals surface area contributed by atoms with Crippen molar-refractivity contribution in [3.8, 4) is 0 Å². The lowest BCUT2D eigenvalue weighted by molar-refractivity contribution is -0.154. The van der Waals surface area contributed by atoms with Gasteiger partial charge in [-0.15, -0.1) is 0 Å². The quantitative estimate of drug-likeness (QED) is 0.503. The van der Waals surface area contributed by atoms with Gasteiger partial charge < -0.3 is 9.64 Å². The summed E-state index contributed by atoms with van der Waals surface area (Å²) in [5, 5.41) is 0. The summed E-state index contributed by atoms with van der Waals surface area (Å²) in [6.07, 6.45) is 5.26. The number of carbonyl (C=O) groups excluding carboxylic acids is 2. The van der Waals surface area contributed by atoms with Crippen molar-refractivity contribution >= 4 is 11.9 Å². The van der Waals surface area contributed by atoms with Gasteiger partial charge in [0, 0.05) is 13.0 Å². The molecule has 1 saturated heterocycles. The molecule has 0 saturated carbocycles. The maximum absolute atomic E-state index is 12.0. The van der Waals surface area contributed by atoms with Crippen molar-refractivity contribution < 1.29 is 14.3 Å². The molecule has 0 unspecified atom stereocenters. The Labute approximate surface area is 116 Å².